The Kier molecular flexibility index (Phi) is 3.93. The van der Waals surface area contributed by atoms with Gasteiger partial charge in [-0.15, -0.1) is 16.8 Å². The van der Waals surface area contributed by atoms with Gasteiger partial charge in [0.1, 0.15) is 0 Å². The molecule has 0 aliphatic carbocycles. The molecule has 0 saturated heterocycles. The fourth-order valence-electron chi connectivity index (χ4n) is 1.45. The van der Waals surface area contributed by atoms with Crippen LogP contribution in [0.5, 0.6) is 0 Å². The zero-order valence-corrected chi connectivity index (χ0v) is 11.5. The molecule has 0 spiro atoms. The molecule has 2 aromatic rings. The summed E-state index contributed by atoms with van der Waals surface area (Å²) in [5.41, 5.74) is 0.453. The highest BCUT2D eigenvalue weighted by Crippen LogP contribution is 2.30. The largest absolute Gasteiger partial charge is 0.357 e. The van der Waals surface area contributed by atoms with E-state index in [9.17, 15) is 8.42 Å². The third-order valence-corrected chi connectivity index (χ3v) is 4.13. The second kappa shape index (κ2) is 5.47. The van der Waals surface area contributed by atoms with Gasteiger partial charge in [0.05, 0.1) is 4.90 Å². The topological polar surface area (TPSA) is 98.0 Å². The van der Waals surface area contributed by atoms with Crippen LogP contribution in [0.3, 0.4) is 0 Å². The monoisotopic (exact) mass is 296 g/mol. The fraction of sp³-hybridized carbons (Fsp3) is 0.0909. The summed E-state index contributed by atoms with van der Waals surface area (Å²) in [6.45, 7) is 4.15. The maximum atomic E-state index is 11.5. The van der Waals surface area contributed by atoms with Gasteiger partial charge in [0.25, 0.3) is 0 Å². The third kappa shape index (κ3) is 3.16. The second-order valence-corrected chi connectivity index (χ2v) is 6.13. The molecule has 0 saturated carbocycles. The number of nitrogens with one attached hydrogen (secondary N) is 1. The third-order valence-electron chi connectivity index (χ3n) is 2.25. The number of hydrogen-bond donors (Lipinski definition) is 2. The minimum Gasteiger partial charge on any atom is -0.357 e. The van der Waals surface area contributed by atoms with E-state index in [0.717, 1.165) is 0 Å². The fourth-order valence-corrected chi connectivity index (χ4v) is 3.05. The van der Waals surface area contributed by atoms with Crippen molar-refractivity contribution >= 4 is 26.5 Å². The van der Waals surface area contributed by atoms with Gasteiger partial charge >= 0.3 is 0 Å². The van der Waals surface area contributed by atoms with E-state index in [1.807, 2.05) is 0 Å². The molecule has 0 atom stereocenters. The minimum absolute atomic E-state index is 0.0430. The van der Waals surface area contributed by atoms with E-state index in [1.54, 1.807) is 24.3 Å². The summed E-state index contributed by atoms with van der Waals surface area (Å²) in [4.78, 5) is 0.0430. The first-order valence-electron chi connectivity index (χ1n) is 5.33. The first kappa shape index (κ1) is 13.7. The first-order valence-corrected chi connectivity index (χ1v) is 7.69. The van der Waals surface area contributed by atoms with Crippen molar-refractivity contribution in [2.75, 3.05) is 11.9 Å². The summed E-state index contributed by atoms with van der Waals surface area (Å²) in [6, 6.07) is 6.43. The van der Waals surface area contributed by atoms with Gasteiger partial charge in [0, 0.05) is 12.1 Å². The number of nitrogens with zero attached hydrogens (tertiary/aromatic N) is 2. The average molecular weight is 296 g/mol. The highest BCUT2D eigenvalue weighted by molar-refractivity contribution is 7.89. The maximum absolute atomic E-state index is 11.5. The van der Waals surface area contributed by atoms with Crippen molar-refractivity contribution in [2.24, 2.45) is 5.14 Å². The van der Waals surface area contributed by atoms with Gasteiger partial charge < -0.3 is 5.32 Å². The molecular formula is C11H12N4O2S2. The van der Waals surface area contributed by atoms with Gasteiger partial charge in [-0.1, -0.05) is 35.6 Å². The van der Waals surface area contributed by atoms with Crippen LogP contribution in [-0.2, 0) is 10.0 Å². The lowest BCUT2D eigenvalue weighted by Crippen LogP contribution is -2.13. The van der Waals surface area contributed by atoms with Crippen molar-refractivity contribution in [3.8, 4) is 10.6 Å². The number of primary sulfonamides is 1. The van der Waals surface area contributed by atoms with Crippen LogP contribution in [0, 0.1) is 0 Å². The number of benzene rings is 1. The Bertz CT molecular complexity index is 694. The molecule has 1 aromatic heterocycles. The summed E-state index contributed by atoms with van der Waals surface area (Å²) in [6.07, 6.45) is 1.69. The predicted molar refractivity (Wildman–Crippen MR) is 75.4 cm³/mol. The first-order chi connectivity index (χ1) is 9.02. The van der Waals surface area contributed by atoms with Crippen LogP contribution in [0.25, 0.3) is 10.6 Å². The van der Waals surface area contributed by atoms with Gasteiger partial charge in [-0.3, -0.25) is 0 Å². The number of aromatic nitrogens is 2. The smallest absolute Gasteiger partial charge is 0.238 e. The Morgan fingerprint density at radius 2 is 2.11 bits per heavy atom. The molecule has 0 aliphatic rings. The van der Waals surface area contributed by atoms with Crippen LogP contribution in [0.2, 0.25) is 0 Å². The zero-order valence-electron chi connectivity index (χ0n) is 9.91. The van der Waals surface area contributed by atoms with E-state index in [2.05, 4.69) is 22.1 Å². The Balaban J connectivity index is 2.42. The van der Waals surface area contributed by atoms with Crippen molar-refractivity contribution in [1.82, 2.24) is 10.2 Å². The Morgan fingerprint density at radius 1 is 1.37 bits per heavy atom. The molecule has 0 unspecified atom stereocenters. The molecule has 3 N–H and O–H groups in total. The number of sulfonamides is 1. The highest BCUT2D eigenvalue weighted by atomic mass is 32.2. The normalized spacial score (nSPS) is 11.2. The molecule has 0 aliphatic heterocycles. The van der Waals surface area contributed by atoms with Gasteiger partial charge in [-0.2, -0.15) is 0 Å². The summed E-state index contributed by atoms with van der Waals surface area (Å²) >= 11 is 1.26. The maximum Gasteiger partial charge on any atom is 0.238 e. The van der Waals surface area contributed by atoms with Crippen LogP contribution in [0.4, 0.5) is 5.13 Å². The van der Waals surface area contributed by atoms with E-state index in [1.165, 1.54) is 17.4 Å². The number of anilines is 1. The number of nitrogens with two attached hydrogens (primary N) is 1. The Morgan fingerprint density at radius 3 is 2.79 bits per heavy atom. The van der Waals surface area contributed by atoms with Crippen LogP contribution in [-0.4, -0.2) is 25.2 Å². The Labute approximate surface area is 115 Å². The van der Waals surface area contributed by atoms with Gasteiger partial charge in [-0.05, 0) is 6.07 Å². The molecular weight excluding hydrogens is 284 g/mol. The molecule has 19 heavy (non-hydrogen) atoms. The van der Waals surface area contributed by atoms with Crippen molar-refractivity contribution in [3.05, 3.63) is 36.9 Å². The number of hydrogen-bond acceptors (Lipinski definition) is 6. The van der Waals surface area contributed by atoms with Crippen LogP contribution in [0.15, 0.2) is 41.8 Å². The van der Waals surface area contributed by atoms with E-state index in [4.69, 9.17) is 5.14 Å². The minimum atomic E-state index is -3.79. The van der Waals surface area contributed by atoms with Gasteiger partial charge in [0.15, 0.2) is 5.01 Å². The summed E-state index contributed by atoms with van der Waals surface area (Å²) in [5, 5.41) is 17.2. The molecule has 2 rings (SSSR count). The molecule has 0 radical (unpaired) electrons. The molecule has 8 heteroatoms. The molecule has 0 bridgehead atoms. The SMILES string of the molecule is C=CCNc1nnc(-c2ccccc2S(N)(=O)=O)s1. The highest BCUT2D eigenvalue weighted by Gasteiger charge is 2.17. The molecule has 100 valence electrons. The standard InChI is InChI=1S/C11H12N4O2S2/c1-2-7-13-11-15-14-10(18-11)8-5-3-4-6-9(8)19(12,16)17/h2-6H,1,7H2,(H,13,15)(H2,12,16,17). The summed E-state index contributed by atoms with van der Waals surface area (Å²) < 4.78 is 23.0. The molecule has 0 amide bonds. The van der Waals surface area contributed by atoms with Crippen molar-refractivity contribution in [1.29, 1.82) is 0 Å². The lowest BCUT2D eigenvalue weighted by Gasteiger charge is -2.03. The number of rotatable bonds is 5. The average Bonchev–Trinajstić information content (AvgIpc) is 2.84. The van der Waals surface area contributed by atoms with E-state index >= 15 is 0 Å². The van der Waals surface area contributed by atoms with Crippen LogP contribution < -0.4 is 10.5 Å². The van der Waals surface area contributed by atoms with Crippen molar-refractivity contribution in [3.63, 3.8) is 0 Å². The molecule has 1 heterocycles. The molecule has 1 aromatic carbocycles. The van der Waals surface area contributed by atoms with Gasteiger partial charge in [0.2, 0.25) is 15.2 Å². The van der Waals surface area contributed by atoms with E-state index < -0.39 is 10.0 Å². The van der Waals surface area contributed by atoms with Crippen molar-refractivity contribution in [2.45, 2.75) is 4.90 Å². The predicted octanol–water partition coefficient (Wildman–Crippen LogP) is 1.45. The summed E-state index contributed by atoms with van der Waals surface area (Å²) in [7, 11) is -3.79. The van der Waals surface area contributed by atoms with Crippen molar-refractivity contribution < 1.29 is 8.42 Å². The van der Waals surface area contributed by atoms with E-state index in [-0.39, 0.29) is 4.90 Å². The lowest BCUT2D eigenvalue weighted by atomic mass is 10.2. The zero-order chi connectivity index (χ0) is 13.9. The van der Waals surface area contributed by atoms with Crippen LogP contribution in [0.1, 0.15) is 0 Å². The van der Waals surface area contributed by atoms with Gasteiger partial charge in [-0.25, -0.2) is 13.6 Å². The molecule has 0 fully saturated rings. The summed E-state index contributed by atoms with van der Waals surface area (Å²) in [5.74, 6) is 0. The van der Waals surface area contributed by atoms with Crippen LogP contribution >= 0.6 is 11.3 Å². The quantitative estimate of drug-likeness (QED) is 0.814. The Hall–Kier alpha value is -1.77. The lowest BCUT2D eigenvalue weighted by molar-refractivity contribution is 0.598. The van der Waals surface area contributed by atoms with E-state index in [0.29, 0.717) is 22.2 Å². The second-order valence-electron chi connectivity index (χ2n) is 3.62. The molecule has 6 nitrogen and oxygen atoms in total.